The van der Waals surface area contributed by atoms with Gasteiger partial charge in [0.15, 0.2) is 0 Å². The van der Waals surface area contributed by atoms with Crippen LogP contribution >= 0.6 is 0 Å². The van der Waals surface area contributed by atoms with Crippen LogP contribution in [0, 0.1) is 12.3 Å². The Bertz CT molecular complexity index is 728. The second-order valence-corrected chi connectivity index (χ2v) is 2.18. The highest BCUT2D eigenvalue weighted by Crippen LogP contribution is 1.98. The number of H-pyrrole nitrogens is 1. The highest BCUT2D eigenvalue weighted by molar-refractivity contribution is 5.11. The fraction of sp³-hybridized carbons (Fsp3) is 0.125. The van der Waals surface area contributed by atoms with Gasteiger partial charge in [0.1, 0.15) is 13.2 Å². The zero-order valence-electron chi connectivity index (χ0n) is 13.3. The summed E-state index contributed by atoms with van der Waals surface area (Å²) in [5.74, 6) is -0.269. The smallest absolute Gasteiger partial charge is 0.213 e. The minimum absolute atomic E-state index is 0.269. The molecule has 0 fully saturated rings. The predicted molar refractivity (Wildman–Crippen MR) is 46.3 cm³/mol. The van der Waals surface area contributed by atoms with Gasteiger partial charge < -0.3 is 4.98 Å². The van der Waals surface area contributed by atoms with E-state index in [0.717, 1.165) is 4.57 Å². The van der Waals surface area contributed by atoms with Crippen LogP contribution in [0.5, 0.6) is 0 Å². The number of imidazole rings is 1. The summed E-state index contributed by atoms with van der Waals surface area (Å²) in [6.45, 7) is -2.65. The van der Waals surface area contributed by atoms with E-state index in [1.165, 1.54) is 0 Å². The van der Waals surface area contributed by atoms with Gasteiger partial charge in [-0.3, -0.25) is 9.98 Å². The van der Waals surface area contributed by atoms with Crippen LogP contribution in [-0.2, 0) is 0 Å². The van der Waals surface area contributed by atoms with Crippen molar-refractivity contribution in [3.8, 4) is 5.95 Å². The molecule has 0 aliphatic heterocycles. The molecule has 0 atom stereocenters. The Hall–Kier alpha value is -1.91. The lowest BCUT2D eigenvalue weighted by molar-refractivity contribution is 0.891. The molecular weight excluding hydrogens is 166 g/mol. The van der Waals surface area contributed by atoms with Gasteiger partial charge in [0.25, 0.3) is 0 Å². The topological polar surface area (TPSA) is 70.3 Å². The summed E-state index contributed by atoms with van der Waals surface area (Å²) in [5.41, 5.74) is -0.992. The molecule has 5 heteroatoms. The van der Waals surface area contributed by atoms with Crippen LogP contribution in [0.3, 0.4) is 0 Å². The van der Waals surface area contributed by atoms with Crippen molar-refractivity contribution in [1.82, 2.24) is 19.5 Å². The summed E-state index contributed by atoms with van der Waals surface area (Å²) in [6, 6.07) is -0.442. The Morgan fingerprint density at radius 2 is 2.62 bits per heavy atom. The minimum Gasteiger partial charge on any atom is -0.310 e. The van der Waals surface area contributed by atoms with Gasteiger partial charge in [-0.05, 0) is 12.9 Å². The number of hydrogen-bond acceptors (Lipinski definition) is 3. The SMILES string of the molecule is [2H]c1nc(-n2c([2H])nc(C([2H])([2H])[2H])c2[2H])[nH]c(=N)c1[2H]. The van der Waals surface area contributed by atoms with E-state index in [2.05, 4.69) is 15.0 Å². The lowest BCUT2D eigenvalue weighted by atomic mass is 10.6. The van der Waals surface area contributed by atoms with E-state index < -0.39 is 42.7 Å². The third kappa shape index (κ3) is 1.48. The Balaban J connectivity index is 2.72. The van der Waals surface area contributed by atoms with Crippen LogP contribution in [0.15, 0.2) is 24.7 Å². The molecule has 0 radical (unpaired) electrons. The van der Waals surface area contributed by atoms with Crippen LogP contribution in [0.4, 0.5) is 0 Å². The highest BCUT2D eigenvalue weighted by Gasteiger charge is 1.97. The standard InChI is InChI=1S/C8H9N5/c1-6-4-13(5-11-6)8-10-3-2-7(9)12-8/h2-5H,1H3,(H2,9,10,12)/i1D3,2D,3D,4D,5D. The lowest BCUT2D eigenvalue weighted by Gasteiger charge is -1.98. The Morgan fingerprint density at radius 3 is 3.31 bits per heavy atom. The van der Waals surface area contributed by atoms with Gasteiger partial charge in [-0.15, -0.1) is 0 Å². The first-order valence-corrected chi connectivity index (χ1v) is 3.32. The van der Waals surface area contributed by atoms with Crippen molar-refractivity contribution in [2.45, 2.75) is 6.85 Å². The number of aromatic amines is 1. The lowest BCUT2D eigenvalue weighted by Crippen LogP contribution is -2.10. The predicted octanol–water partition coefficient (Wildman–Crippen LogP) is 0.383. The van der Waals surface area contributed by atoms with E-state index in [-0.39, 0.29) is 5.95 Å². The average molecular weight is 182 g/mol. The van der Waals surface area contributed by atoms with Gasteiger partial charge in [-0.25, -0.2) is 9.97 Å². The van der Waals surface area contributed by atoms with Crippen molar-refractivity contribution in [1.29, 1.82) is 5.41 Å². The molecule has 2 aromatic heterocycles. The van der Waals surface area contributed by atoms with Crippen molar-refractivity contribution >= 4 is 0 Å². The fourth-order valence-corrected chi connectivity index (χ4v) is 0.770. The maximum atomic E-state index is 7.75. The minimum atomic E-state index is -2.65. The van der Waals surface area contributed by atoms with Gasteiger partial charge in [0, 0.05) is 16.5 Å². The summed E-state index contributed by atoms with van der Waals surface area (Å²) in [4.78, 5) is 9.44. The molecule has 0 aliphatic rings. The van der Waals surface area contributed by atoms with E-state index in [4.69, 9.17) is 15.0 Å². The second kappa shape index (κ2) is 2.85. The number of hydrogen-bond donors (Lipinski definition) is 2. The largest absolute Gasteiger partial charge is 0.310 e. The van der Waals surface area contributed by atoms with Crippen molar-refractivity contribution in [2.24, 2.45) is 0 Å². The maximum absolute atomic E-state index is 7.75. The number of nitrogens with zero attached hydrogens (tertiary/aromatic N) is 3. The number of aromatic nitrogens is 4. The summed E-state index contributed by atoms with van der Waals surface area (Å²) < 4.78 is 52.5. The molecule has 13 heavy (non-hydrogen) atoms. The quantitative estimate of drug-likeness (QED) is 0.669. The number of aryl methyl sites for hydroxylation is 1. The molecule has 0 aliphatic carbocycles. The van der Waals surface area contributed by atoms with Gasteiger partial charge in [-0.1, -0.05) is 0 Å². The number of nitrogens with one attached hydrogen (secondary N) is 2. The molecule has 0 saturated heterocycles. The average Bonchev–Trinajstić information content (AvgIpc) is 2.61. The van der Waals surface area contributed by atoms with E-state index in [1.807, 2.05) is 0 Å². The summed E-state index contributed by atoms with van der Waals surface area (Å²) in [5, 5.41) is 7.45. The van der Waals surface area contributed by atoms with Crippen molar-refractivity contribution in [3.05, 3.63) is 35.9 Å². The molecule has 0 amide bonds. The Kier molecular flexibility index (Phi) is 0.680. The summed E-state index contributed by atoms with van der Waals surface area (Å²) in [6.07, 6.45) is -1.65. The first-order chi connectivity index (χ1) is 9.12. The van der Waals surface area contributed by atoms with E-state index in [9.17, 15) is 0 Å². The number of rotatable bonds is 1. The Labute approximate surface area is 84.5 Å². The first-order valence-electron chi connectivity index (χ1n) is 6.82. The molecule has 2 aromatic rings. The third-order valence-corrected chi connectivity index (χ3v) is 1.27. The molecule has 5 nitrogen and oxygen atoms in total. The zero-order valence-corrected chi connectivity index (χ0v) is 6.34. The monoisotopic (exact) mass is 182 g/mol. The molecule has 2 heterocycles. The molecule has 0 aromatic carbocycles. The van der Waals surface area contributed by atoms with Crippen molar-refractivity contribution in [2.75, 3.05) is 0 Å². The van der Waals surface area contributed by atoms with Gasteiger partial charge in [-0.2, -0.15) is 0 Å². The molecule has 0 spiro atoms. The van der Waals surface area contributed by atoms with Gasteiger partial charge >= 0.3 is 0 Å². The zero-order chi connectivity index (χ0) is 15.2. The molecule has 2 N–H and O–H groups in total. The van der Waals surface area contributed by atoms with Crippen molar-refractivity contribution < 1.29 is 9.60 Å². The van der Waals surface area contributed by atoms with Crippen LogP contribution < -0.4 is 5.49 Å². The molecule has 0 unspecified atom stereocenters. The highest BCUT2D eigenvalue weighted by atomic mass is 15.2. The van der Waals surface area contributed by atoms with E-state index in [1.54, 1.807) is 0 Å². The molecule has 2 rings (SSSR count). The molecule has 0 saturated carbocycles. The van der Waals surface area contributed by atoms with Crippen LogP contribution in [-0.4, -0.2) is 19.5 Å². The maximum Gasteiger partial charge on any atom is 0.213 e. The molecule has 66 valence electrons. The summed E-state index contributed by atoms with van der Waals surface area (Å²) in [7, 11) is 0. The molecular formula is C8H9N5. The fourth-order valence-electron chi connectivity index (χ4n) is 0.770. The summed E-state index contributed by atoms with van der Waals surface area (Å²) >= 11 is 0. The second-order valence-electron chi connectivity index (χ2n) is 2.18. The normalized spacial score (nSPS) is 18.9. The van der Waals surface area contributed by atoms with Crippen molar-refractivity contribution in [3.63, 3.8) is 0 Å². The molecule has 0 bridgehead atoms. The van der Waals surface area contributed by atoms with E-state index >= 15 is 0 Å². The van der Waals surface area contributed by atoms with Crippen LogP contribution in [0.2, 0.25) is 0 Å². The first kappa shape index (κ1) is 3.10. The van der Waals surface area contributed by atoms with Gasteiger partial charge in [0.05, 0.1) is 9.81 Å². The van der Waals surface area contributed by atoms with Gasteiger partial charge in [0.2, 0.25) is 5.95 Å². The Morgan fingerprint density at radius 1 is 1.69 bits per heavy atom. The van der Waals surface area contributed by atoms with Crippen LogP contribution in [0.25, 0.3) is 5.95 Å². The van der Waals surface area contributed by atoms with Crippen LogP contribution in [0.1, 0.15) is 15.3 Å². The third-order valence-electron chi connectivity index (χ3n) is 1.27. The van der Waals surface area contributed by atoms with E-state index in [0.29, 0.717) is 0 Å².